The topological polar surface area (TPSA) is 37.4 Å². The molecule has 2 amide bonds. The molecule has 1 aliphatic heterocycles. The van der Waals surface area contributed by atoms with Crippen molar-refractivity contribution < 1.29 is 9.59 Å². The third kappa shape index (κ3) is 1.57. The van der Waals surface area contributed by atoms with Crippen LogP contribution in [0, 0.1) is 5.92 Å². The first-order chi connectivity index (χ1) is 7.87. The highest BCUT2D eigenvalue weighted by Gasteiger charge is 2.46. The van der Waals surface area contributed by atoms with Crippen LogP contribution in [-0.2, 0) is 15.0 Å². The number of nitrogens with zero attached hydrogens (tertiary/aromatic N) is 1. The summed E-state index contributed by atoms with van der Waals surface area (Å²) in [7, 11) is 0. The molecule has 0 N–H and O–H groups in total. The van der Waals surface area contributed by atoms with E-state index in [2.05, 4.69) is 0 Å². The lowest BCUT2D eigenvalue weighted by Gasteiger charge is -2.20. The van der Waals surface area contributed by atoms with Gasteiger partial charge in [-0.15, -0.1) is 0 Å². The minimum Gasteiger partial charge on any atom is -0.274 e. The molecule has 0 saturated carbocycles. The number of amides is 2. The van der Waals surface area contributed by atoms with Crippen molar-refractivity contribution in [3.8, 4) is 0 Å². The average Bonchev–Trinajstić information content (AvgIpc) is 2.48. The highest BCUT2D eigenvalue weighted by Crippen LogP contribution is 2.41. The first-order valence-corrected chi connectivity index (χ1v) is 5.85. The fraction of sp³-hybridized carbons (Fsp3) is 0.429. The number of fused-ring (bicyclic) bond motifs is 1. The van der Waals surface area contributed by atoms with Gasteiger partial charge in [0.05, 0.1) is 11.1 Å². The predicted molar refractivity (Wildman–Crippen MR) is 66.8 cm³/mol. The van der Waals surface area contributed by atoms with Gasteiger partial charge in [0, 0.05) is 5.92 Å². The summed E-state index contributed by atoms with van der Waals surface area (Å²) in [5.74, 6) is -0.439. The van der Waals surface area contributed by atoms with Crippen molar-refractivity contribution >= 4 is 17.5 Å². The molecule has 2 rings (SSSR count). The summed E-state index contributed by atoms with van der Waals surface area (Å²) in [5.41, 5.74) is 1.06. The van der Waals surface area contributed by atoms with Crippen LogP contribution >= 0.6 is 0 Å². The molecule has 0 atom stereocenters. The molecule has 0 aliphatic carbocycles. The number of carbonyl (C=O) groups excluding carboxylic acids is 2. The number of benzene rings is 1. The molecule has 0 spiro atoms. The Kier molecular flexibility index (Phi) is 2.57. The zero-order valence-electron chi connectivity index (χ0n) is 10.7. The van der Waals surface area contributed by atoms with Crippen molar-refractivity contribution in [2.75, 3.05) is 4.90 Å². The van der Waals surface area contributed by atoms with Crippen molar-refractivity contribution in [2.24, 2.45) is 5.92 Å². The third-order valence-electron chi connectivity index (χ3n) is 3.27. The lowest BCUT2D eigenvalue weighted by atomic mass is 9.86. The molecule has 1 aromatic carbocycles. The molecule has 0 aromatic heterocycles. The molecule has 0 bridgehead atoms. The van der Waals surface area contributed by atoms with Gasteiger partial charge in [0.1, 0.15) is 0 Å². The molecule has 3 nitrogen and oxygen atoms in total. The maximum atomic E-state index is 12.3. The van der Waals surface area contributed by atoms with Crippen LogP contribution in [0.2, 0.25) is 0 Å². The molecule has 0 fully saturated rings. The lowest BCUT2D eigenvalue weighted by molar-refractivity contribution is -0.129. The van der Waals surface area contributed by atoms with Crippen LogP contribution < -0.4 is 4.90 Å². The van der Waals surface area contributed by atoms with Crippen LogP contribution in [0.15, 0.2) is 24.3 Å². The van der Waals surface area contributed by atoms with Gasteiger partial charge < -0.3 is 0 Å². The fourth-order valence-corrected chi connectivity index (χ4v) is 2.18. The van der Waals surface area contributed by atoms with E-state index in [4.69, 9.17) is 0 Å². The Bertz CT molecular complexity index is 489. The van der Waals surface area contributed by atoms with Crippen molar-refractivity contribution in [1.82, 2.24) is 0 Å². The maximum Gasteiger partial charge on any atom is 0.243 e. The standard InChI is InChI=1S/C14H17NO2/c1-9(2)12(16)15-11-8-6-5-7-10(11)14(3,4)13(15)17/h5-9H,1-4H3. The van der Waals surface area contributed by atoms with E-state index in [1.54, 1.807) is 0 Å². The van der Waals surface area contributed by atoms with Crippen molar-refractivity contribution in [2.45, 2.75) is 33.1 Å². The summed E-state index contributed by atoms with van der Waals surface area (Å²) in [6.45, 7) is 7.34. The van der Waals surface area contributed by atoms with E-state index in [1.165, 1.54) is 4.90 Å². The van der Waals surface area contributed by atoms with Gasteiger partial charge in [-0.2, -0.15) is 0 Å². The summed E-state index contributed by atoms with van der Waals surface area (Å²) in [6, 6.07) is 7.51. The van der Waals surface area contributed by atoms with Crippen LogP contribution in [0.4, 0.5) is 5.69 Å². The number of hydrogen-bond donors (Lipinski definition) is 0. The summed E-state index contributed by atoms with van der Waals surface area (Å²) >= 11 is 0. The second kappa shape index (κ2) is 3.69. The number of rotatable bonds is 1. The zero-order chi connectivity index (χ0) is 12.8. The number of carbonyl (C=O) groups is 2. The molecular formula is C14H17NO2. The van der Waals surface area contributed by atoms with E-state index in [-0.39, 0.29) is 17.7 Å². The van der Waals surface area contributed by atoms with Gasteiger partial charge in [-0.1, -0.05) is 32.0 Å². The van der Waals surface area contributed by atoms with Crippen LogP contribution in [0.1, 0.15) is 33.3 Å². The van der Waals surface area contributed by atoms with Crippen molar-refractivity contribution in [3.63, 3.8) is 0 Å². The molecule has 1 aliphatic rings. The van der Waals surface area contributed by atoms with Crippen LogP contribution in [0.3, 0.4) is 0 Å². The van der Waals surface area contributed by atoms with Gasteiger partial charge in [-0.3, -0.25) is 9.59 Å². The van der Waals surface area contributed by atoms with Gasteiger partial charge in [-0.25, -0.2) is 4.90 Å². The van der Waals surface area contributed by atoms with Gasteiger partial charge in [-0.05, 0) is 25.5 Å². The first kappa shape index (κ1) is 11.8. The Balaban J connectivity index is 2.58. The van der Waals surface area contributed by atoms with Gasteiger partial charge in [0.15, 0.2) is 0 Å². The monoisotopic (exact) mass is 231 g/mol. The number of hydrogen-bond acceptors (Lipinski definition) is 2. The quantitative estimate of drug-likeness (QED) is 0.744. The van der Waals surface area contributed by atoms with Crippen molar-refractivity contribution in [3.05, 3.63) is 29.8 Å². The molecule has 90 valence electrons. The predicted octanol–water partition coefficient (Wildman–Crippen LogP) is 2.49. The number of imide groups is 1. The summed E-state index contributed by atoms with van der Waals surface area (Å²) in [4.78, 5) is 25.8. The van der Waals surface area contributed by atoms with Crippen LogP contribution in [0.5, 0.6) is 0 Å². The number of para-hydroxylation sites is 1. The smallest absolute Gasteiger partial charge is 0.243 e. The van der Waals surface area contributed by atoms with E-state index < -0.39 is 5.41 Å². The highest BCUT2D eigenvalue weighted by atomic mass is 16.2. The normalized spacial score (nSPS) is 17.5. The van der Waals surface area contributed by atoms with Crippen LogP contribution in [0.25, 0.3) is 0 Å². The molecule has 1 heterocycles. The molecule has 3 heteroatoms. The van der Waals surface area contributed by atoms with E-state index in [1.807, 2.05) is 52.0 Å². The molecule has 17 heavy (non-hydrogen) atoms. The minimum atomic E-state index is -0.610. The largest absolute Gasteiger partial charge is 0.274 e. The van der Waals surface area contributed by atoms with E-state index >= 15 is 0 Å². The minimum absolute atomic E-state index is 0.127. The fourth-order valence-electron chi connectivity index (χ4n) is 2.18. The molecule has 0 unspecified atom stereocenters. The zero-order valence-corrected chi connectivity index (χ0v) is 10.7. The number of anilines is 1. The van der Waals surface area contributed by atoms with E-state index in [0.29, 0.717) is 0 Å². The Morgan fingerprint density at radius 3 is 2.41 bits per heavy atom. The highest BCUT2D eigenvalue weighted by molar-refractivity contribution is 6.22. The van der Waals surface area contributed by atoms with Gasteiger partial charge in [0.25, 0.3) is 0 Å². The van der Waals surface area contributed by atoms with E-state index in [0.717, 1.165) is 11.3 Å². The van der Waals surface area contributed by atoms with Crippen molar-refractivity contribution in [1.29, 1.82) is 0 Å². The second-order valence-corrected chi connectivity index (χ2v) is 5.28. The maximum absolute atomic E-state index is 12.3. The SMILES string of the molecule is CC(C)C(=O)N1C(=O)C(C)(C)c2ccccc21. The summed E-state index contributed by atoms with van der Waals surface area (Å²) < 4.78 is 0. The Hall–Kier alpha value is -1.64. The lowest BCUT2D eigenvalue weighted by Crippen LogP contribution is -2.42. The summed E-state index contributed by atoms with van der Waals surface area (Å²) in [6.07, 6.45) is 0. The Morgan fingerprint density at radius 2 is 1.82 bits per heavy atom. The molecule has 0 radical (unpaired) electrons. The second-order valence-electron chi connectivity index (χ2n) is 5.28. The molecule has 1 aromatic rings. The average molecular weight is 231 g/mol. The van der Waals surface area contributed by atoms with Crippen LogP contribution in [-0.4, -0.2) is 11.8 Å². The van der Waals surface area contributed by atoms with E-state index in [9.17, 15) is 9.59 Å². The Morgan fingerprint density at radius 1 is 1.24 bits per heavy atom. The third-order valence-corrected chi connectivity index (χ3v) is 3.27. The summed E-state index contributed by atoms with van der Waals surface area (Å²) in [5, 5.41) is 0. The first-order valence-electron chi connectivity index (χ1n) is 5.85. The van der Waals surface area contributed by atoms with Gasteiger partial charge in [0.2, 0.25) is 11.8 Å². The molecular weight excluding hydrogens is 214 g/mol. The Labute approximate surface area is 101 Å². The van der Waals surface area contributed by atoms with Gasteiger partial charge >= 0.3 is 0 Å². The molecule has 0 saturated heterocycles.